The molecule has 0 aliphatic carbocycles. The molecule has 5 rings (SSSR count). The maximum absolute atomic E-state index is 13.3. The van der Waals surface area contributed by atoms with Crippen LogP contribution in [0.3, 0.4) is 0 Å². The molecule has 9 heteroatoms. The standard InChI is InChI=1S/C33H34N2O7/c1-20-11-13-25(14-12-20)42-31-21(2)41-33(38)27(35-32(37)29-30(36)28(39-3)15-16-34-29)19-40-18-24(31)17-23-9-6-8-22-7-4-5-10-26(22)23/h4-16,21,24,27,31,36H,17-19H2,1-3H3,(H,35,37)/t21-,24-,27-,31-/m0/s1. The molecule has 1 fully saturated rings. The first-order valence-electron chi connectivity index (χ1n) is 13.8. The summed E-state index contributed by atoms with van der Waals surface area (Å²) < 4.78 is 23.5. The molecule has 218 valence electrons. The van der Waals surface area contributed by atoms with Crippen LogP contribution >= 0.6 is 0 Å². The van der Waals surface area contributed by atoms with Gasteiger partial charge in [-0.15, -0.1) is 0 Å². The Morgan fingerprint density at radius 1 is 1.05 bits per heavy atom. The summed E-state index contributed by atoms with van der Waals surface area (Å²) in [6, 6.07) is 22.4. The predicted molar refractivity (Wildman–Crippen MR) is 157 cm³/mol. The Morgan fingerprint density at radius 2 is 1.81 bits per heavy atom. The van der Waals surface area contributed by atoms with Crippen molar-refractivity contribution in [1.29, 1.82) is 0 Å². The van der Waals surface area contributed by atoms with Gasteiger partial charge in [-0.2, -0.15) is 0 Å². The molecular formula is C33H34N2O7. The quantitative estimate of drug-likeness (QED) is 0.309. The van der Waals surface area contributed by atoms with Crippen LogP contribution in [0.25, 0.3) is 10.8 Å². The molecule has 42 heavy (non-hydrogen) atoms. The van der Waals surface area contributed by atoms with E-state index in [9.17, 15) is 14.7 Å². The van der Waals surface area contributed by atoms with Crippen molar-refractivity contribution in [3.05, 3.63) is 95.8 Å². The zero-order valence-electron chi connectivity index (χ0n) is 23.8. The van der Waals surface area contributed by atoms with Gasteiger partial charge in [-0.3, -0.25) is 4.79 Å². The number of hydrogen-bond donors (Lipinski definition) is 2. The van der Waals surface area contributed by atoms with Crippen molar-refractivity contribution in [1.82, 2.24) is 10.3 Å². The van der Waals surface area contributed by atoms with Crippen LogP contribution in [0.5, 0.6) is 17.2 Å². The molecule has 1 saturated heterocycles. The first-order chi connectivity index (χ1) is 20.3. The molecule has 3 aromatic carbocycles. The molecule has 4 aromatic rings. The van der Waals surface area contributed by atoms with Crippen molar-refractivity contribution in [3.63, 3.8) is 0 Å². The molecule has 0 radical (unpaired) electrons. The minimum Gasteiger partial charge on any atom is -0.503 e. The predicted octanol–water partition coefficient (Wildman–Crippen LogP) is 4.62. The number of cyclic esters (lactones) is 1. The van der Waals surface area contributed by atoms with Gasteiger partial charge in [0.25, 0.3) is 5.91 Å². The van der Waals surface area contributed by atoms with E-state index in [-0.39, 0.29) is 30.6 Å². The molecule has 2 heterocycles. The molecule has 1 aliphatic rings. The zero-order valence-corrected chi connectivity index (χ0v) is 23.8. The SMILES string of the molecule is COc1ccnc(C(=O)N[C@H]2COC[C@H](Cc3cccc4ccccc34)[C@@H](Oc3ccc(C)cc3)[C@H](C)OC2=O)c1O. The van der Waals surface area contributed by atoms with Gasteiger partial charge in [0.1, 0.15) is 18.0 Å². The fraction of sp³-hybridized carbons (Fsp3) is 0.303. The van der Waals surface area contributed by atoms with Gasteiger partial charge in [0, 0.05) is 18.2 Å². The molecule has 0 unspecified atom stereocenters. The van der Waals surface area contributed by atoms with Crippen LogP contribution in [0.1, 0.15) is 28.5 Å². The average Bonchev–Trinajstić information content (AvgIpc) is 3.04. The lowest BCUT2D eigenvalue weighted by Gasteiger charge is -2.31. The third-order valence-corrected chi connectivity index (χ3v) is 7.41. The number of ether oxygens (including phenoxy) is 4. The average molecular weight is 571 g/mol. The number of aromatic nitrogens is 1. The Kier molecular flexibility index (Phi) is 8.88. The van der Waals surface area contributed by atoms with Crippen LogP contribution in [-0.4, -0.2) is 60.5 Å². The molecule has 9 nitrogen and oxygen atoms in total. The lowest BCUT2D eigenvalue weighted by molar-refractivity contribution is -0.155. The fourth-order valence-electron chi connectivity index (χ4n) is 5.20. The molecule has 0 saturated carbocycles. The summed E-state index contributed by atoms with van der Waals surface area (Å²) in [5.74, 6) is -1.32. The summed E-state index contributed by atoms with van der Waals surface area (Å²) in [4.78, 5) is 30.3. The van der Waals surface area contributed by atoms with Gasteiger partial charge in [0.05, 0.1) is 20.3 Å². The van der Waals surface area contributed by atoms with Crippen molar-refractivity contribution in [2.45, 2.75) is 38.5 Å². The molecule has 0 spiro atoms. The first kappa shape index (κ1) is 28.9. The number of carbonyl (C=O) groups is 2. The van der Waals surface area contributed by atoms with E-state index < -0.39 is 35.9 Å². The molecule has 1 aliphatic heterocycles. The summed E-state index contributed by atoms with van der Waals surface area (Å²) in [5, 5.41) is 15.2. The molecule has 0 bridgehead atoms. The van der Waals surface area contributed by atoms with Crippen molar-refractivity contribution in [2.24, 2.45) is 5.92 Å². The summed E-state index contributed by atoms with van der Waals surface area (Å²) >= 11 is 0. The summed E-state index contributed by atoms with van der Waals surface area (Å²) in [6.07, 6.45) is 0.717. The maximum atomic E-state index is 13.3. The highest BCUT2D eigenvalue weighted by molar-refractivity contribution is 5.98. The lowest BCUT2D eigenvalue weighted by Crippen LogP contribution is -2.47. The summed E-state index contributed by atoms with van der Waals surface area (Å²) in [7, 11) is 1.37. The number of aryl methyl sites for hydroxylation is 1. The van der Waals surface area contributed by atoms with E-state index in [1.54, 1.807) is 6.92 Å². The minimum atomic E-state index is -1.14. The van der Waals surface area contributed by atoms with Crippen molar-refractivity contribution in [2.75, 3.05) is 20.3 Å². The molecule has 2 N–H and O–H groups in total. The normalized spacial score (nSPS) is 21.0. The molecule has 1 aromatic heterocycles. The number of nitrogens with one attached hydrogen (secondary N) is 1. The third-order valence-electron chi connectivity index (χ3n) is 7.41. The number of rotatable bonds is 7. The number of benzene rings is 3. The van der Waals surface area contributed by atoms with E-state index >= 15 is 0 Å². The lowest BCUT2D eigenvalue weighted by atomic mass is 9.89. The Bertz CT molecular complexity index is 1550. The monoisotopic (exact) mass is 570 g/mol. The van der Waals surface area contributed by atoms with Crippen LogP contribution < -0.4 is 14.8 Å². The summed E-state index contributed by atoms with van der Waals surface area (Å²) in [6.45, 7) is 3.90. The fourth-order valence-corrected chi connectivity index (χ4v) is 5.20. The maximum Gasteiger partial charge on any atom is 0.331 e. The minimum absolute atomic E-state index is 0.0874. The smallest absolute Gasteiger partial charge is 0.331 e. The zero-order chi connectivity index (χ0) is 29.6. The van der Waals surface area contributed by atoms with Crippen molar-refractivity contribution < 1.29 is 33.6 Å². The number of pyridine rings is 1. The van der Waals surface area contributed by atoms with E-state index in [4.69, 9.17) is 18.9 Å². The number of esters is 1. The van der Waals surface area contributed by atoms with Crippen LogP contribution in [0.4, 0.5) is 0 Å². The molecule has 1 amide bonds. The van der Waals surface area contributed by atoms with Gasteiger partial charge in [-0.25, -0.2) is 9.78 Å². The van der Waals surface area contributed by atoms with E-state index in [1.165, 1.54) is 19.4 Å². The number of nitrogens with zero attached hydrogens (tertiary/aromatic N) is 1. The van der Waals surface area contributed by atoms with Crippen LogP contribution in [0.2, 0.25) is 0 Å². The van der Waals surface area contributed by atoms with Crippen LogP contribution in [0, 0.1) is 12.8 Å². The van der Waals surface area contributed by atoms with Gasteiger partial charge in [0.15, 0.2) is 23.2 Å². The number of fused-ring (bicyclic) bond motifs is 1. The second-order valence-corrected chi connectivity index (χ2v) is 10.4. The van der Waals surface area contributed by atoms with Crippen LogP contribution in [0.15, 0.2) is 79.0 Å². The van der Waals surface area contributed by atoms with Gasteiger partial charge >= 0.3 is 5.97 Å². The largest absolute Gasteiger partial charge is 0.503 e. The van der Waals surface area contributed by atoms with Gasteiger partial charge in [-0.1, -0.05) is 60.2 Å². The number of methoxy groups -OCH3 is 1. The first-order valence-corrected chi connectivity index (χ1v) is 13.8. The van der Waals surface area contributed by atoms with E-state index in [1.807, 2.05) is 49.4 Å². The van der Waals surface area contributed by atoms with E-state index in [2.05, 4.69) is 34.6 Å². The number of amides is 1. The van der Waals surface area contributed by atoms with Crippen molar-refractivity contribution in [3.8, 4) is 17.2 Å². The van der Waals surface area contributed by atoms with Gasteiger partial charge in [-0.05, 0) is 48.7 Å². The van der Waals surface area contributed by atoms with E-state index in [0.29, 0.717) is 12.2 Å². The third kappa shape index (κ3) is 6.47. The summed E-state index contributed by atoms with van der Waals surface area (Å²) in [5.41, 5.74) is 1.95. The Balaban J connectivity index is 1.41. The number of hydrogen-bond acceptors (Lipinski definition) is 8. The number of aromatic hydroxyl groups is 1. The highest BCUT2D eigenvalue weighted by Gasteiger charge is 2.37. The Morgan fingerprint density at radius 3 is 2.60 bits per heavy atom. The van der Waals surface area contributed by atoms with Crippen molar-refractivity contribution >= 4 is 22.6 Å². The van der Waals surface area contributed by atoms with Crippen LogP contribution in [-0.2, 0) is 20.7 Å². The second-order valence-electron chi connectivity index (χ2n) is 10.4. The molecule has 4 atom stereocenters. The van der Waals surface area contributed by atoms with Gasteiger partial charge < -0.3 is 29.4 Å². The molecular weight excluding hydrogens is 536 g/mol. The topological polar surface area (TPSA) is 116 Å². The van der Waals surface area contributed by atoms with E-state index in [0.717, 1.165) is 21.9 Å². The number of carbonyl (C=O) groups excluding carboxylic acids is 2. The highest BCUT2D eigenvalue weighted by atomic mass is 16.6. The Labute approximate surface area is 244 Å². The van der Waals surface area contributed by atoms with Gasteiger partial charge in [0.2, 0.25) is 0 Å². The Hall–Kier alpha value is -4.63. The highest BCUT2D eigenvalue weighted by Crippen LogP contribution is 2.29. The second kappa shape index (κ2) is 12.9.